The predicted molar refractivity (Wildman–Crippen MR) is 153 cm³/mol. The lowest BCUT2D eigenvalue weighted by Crippen LogP contribution is -2.73. The molecule has 1 N–H and O–H groups in total. The summed E-state index contributed by atoms with van der Waals surface area (Å²) in [6, 6.07) is 23.3. The summed E-state index contributed by atoms with van der Waals surface area (Å²) in [4.78, 5) is 44.4. The zero-order chi connectivity index (χ0) is 28.9. The third-order valence-corrected chi connectivity index (χ3v) is 7.59. The molecular formula is C31H35N5O5. The number of hydrazine groups is 1. The minimum Gasteiger partial charge on any atom is -0.497 e. The van der Waals surface area contributed by atoms with Gasteiger partial charge >= 0.3 is 6.03 Å². The molecule has 10 heteroatoms. The Morgan fingerprint density at radius 3 is 2.10 bits per heavy atom. The van der Waals surface area contributed by atoms with Crippen LogP contribution in [0.25, 0.3) is 0 Å². The molecule has 5 rings (SSSR count). The van der Waals surface area contributed by atoms with E-state index in [2.05, 4.69) is 5.32 Å². The van der Waals surface area contributed by atoms with Gasteiger partial charge in [0.15, 0.2) is 0 Å². The lowest BCUT2D eigenvalue weighted by Gasteiger charge is -2.54. The summed E-state index contributed by atoms with van der Waals surface area (Å²) in [5.74, 6) is 1.15. The molecule has 0 radical (unpaired) electrons. The maximum absolute atomic E-state index is 13.9. The molecule has 2 aliphatic rings. The first-order valence-electron chi connectivity index (χ1n) is 13.6. The van der Waals surface area contributed by atoms with E-state index >= 15 is 0 Å². The highest BCUT2D eigenvalue weighted by molar-refractivity contribution is 5.92. The molecule has 0 aliphatic carbocycles. The first-order valence-corrected chi connectivity index (χ1v) is 13.6. The van der Waals surface area contributed by atoms with Gasteiger partial charge in [-0.25, -0.2) is 14.8 Å². The molecular weight excluding hydrogens is 522 g/mol. The van der Waals surface area contributed by atoms with Crippen LogP contribution < -0.4 is 14.8 Å². The van der Waals surface area contributed by atoms with Crippen LogP contribution in [0, 0.1) is 0 Å². The molecule has 10 nitrogen and oxygen atoms in total. The largest absolute Gasteiger partial charge is 0.497 e. The number of fused-ring (bicyclic) bond motifs is 1. The van der Waals surface area contributed by atoms with E-state index in [0.29, 0.717) is 25.1 Å². The van der Waals surface area contributed by atoms with Crippen LogP contribution in [0.3, 0.4) is 0 Å². The molecule has 0 bridgehead atoms. The average molecular weight is 558 g/mol. The number of carbonyl (C=O) groups excluding carboxylic acids is 3. The quantitative estimate of drug-likeness (QED) is 0.458. The Bertz CT molecular complexity index is 1370. The second-order valence-corrected chi connectivity index (χ2v) is 10.1. The second kappa shape index (κ2) is 12.3. The Kier molecular flexibility index (Phi) is 8.39. The number of nitrogens with one attached hydrogen (secondary N) is 1. The highest BCUT2D eigenvalue weighted by Gasteiger charge is 2.51. The molecule has 2 aliphatic heterocycles. The Hall–Kier alpha value is -4.57. The topological polar surface area (TPSA) is 94.7 Å². The number of amides is 4. The second-order valence-electron chi connectivity index (χ2n) is 10.1. The molecule has 214 valence electrons. The zero-order valence-corrected chi connectivity index (χ0v) is 23.5. The third kappa shape index (κ3) is 5.97. The van der Waals surface area contributed by atoms with Crippen LogP contribution in [0.15, 0.2) is 78.9 Å². The van der Waals surface area contributed by atoms with Crippen molar-refractivity contribution >= 4 is 17.8 Å². The number of piperazine rings is 1. The molecule has 3 aromatic rings. The van der Waals surface area contributed by atoms with Gasteiger partial charge in [0.1, 0.15) is 23.7 Å². The Morgan fingerprint density at radius 2 is 1.49 bits per heavy atom. The maximum atomic E-state index is 13.9. The number of ether oxygens (including phenoxy) is 2. The summed E-state index contributed by atoms with van der Waals surface area (Å²) >= 11 is 0. The van der Waals surface area contributed by atoms with Gasteiger partial charge in [-0.1, -0.05) is 54.6 Å². The molecule has 2 fully saturated rings. The lowest BCUT2D eigenvalue weighted by molar-refractivity contribution is -0.187. The van der Waals surface area contributed by atoms with Gasteiger partial charge in [0.25, 0.3) is 0 Å². The number of hydrogen-bond donors (Lipinski definition) is 1. The molecule has 4 amide bonds. The number of methoxy groups -OCH3 is 2. The normalized spacial score (nSPS) is 19.1. The van der Waals surface area contributed by atoms with E-state index < -0.39 is 12.2 Å². The van der Waals surface area contributed by atoms with Crippen molar-refractivity contribution in [3.8, 4) is 11.5 Å². The van der Waals surface area contributed by atoms with Crippen molar-refractivity contribution < 1.29 is 23.9 Å². The number of rotatable bonds is 8. The fraction of sp³-hybridized carbons (Fsp3) is 0.323. The van der Waals surface area contributed by atoms with Crippen LogP contribution in [0.5, 0.6) is 11.5 Å². The summed E-state index contributed by atoms with van der Waals surface area (Å²) in [7, 11) is 4.95. The Balaban J connectivity index is 1.40. The van der Waals surface area contributed by atoms with Gasteiger partial charge in [-0.3, -0.25) is 9.59 Å². The molecule has 3 aromatic carbocycles. The number of urea groups is 1. The first kappa shape index (κ1) is 28.0. The standard InChI is InChI=1S/C31H35N5O5/c1-33-21-28(37)35-27(36(33)31(39)32-19-23-11-15-26(41-3)16-12-23)20-34(18-17-22-9-13-25(40-2)14-10-22)30(38)29(35)24-7-5-4-6-8-24/h4-16,27,29H,17-21H2,1-3H3,(H,32,39)/t27-,29-/m0/s1. The maximum Gasteiger partial charge on any atom is 0.334 e. The van der Waals surface area contributed by atoms with Crippen molar-refractivity contribution in [2.24, 2.45) is 0 Å². The van der Waals surface area contributed by atoms with Gasteiger partial charge in [-0.05, 0) is 47.4 Å². The summed E-state index contributed by atoms with van der Waals surface area (Å²) in [5, 5.41) is 6.18. The molecule has 41 heavy (non-hydrogen) atoms. The molecule has 2 saturated heterocycles. The van der Waals surface area contributed by atoms with Gasteiger partial charge in [0, 0.05) is 20.1 Å². The van der Waals surface area contributed by atoms with Gasteiger partial charge in [-0.15, -0.1) is 0 Å². The first-order chi connectivity index (χ1) is 19.9. The fourth-order valence-corrected chi connectivity index (χ4v) is 5.41. The predicted octanol–water partition coefficient (Wildman–Crippen LogP) is 3.06. The molecule has 2 atom stereocenters. The number of nitrogens with zero attached hydrogens (tertiary/aromatic N) is 4. The number of carbonyl (C=O) groups is 3. The van der Waals surface area contributed by atoms with Crippen molar-refractivity contribution in [3.63, 3.8) is 0 Å². The van der Waals surface area contributed by atoms with Crippen LogP contribution in [0.1, 0.15) is 22.7 Å². The summed E-state index contributed by atoms with van der Waals surface area (Å²) < 4.78 is 10.5. The smallest absolute Gasteiger partial charge is 0.334 e. The highest BCUT2D eigenvalue weighted by Crippen LogP contribution is 2.34. The number of benzene rings is 3. The van der Waals surface area contributed by atoms with Gasteiger partial charge in [-0.2, -0.15) is 0 Å². The molecule has 0 aromatic heterocycles. The van der Waals surface area contributed by atoms with E-state index in [4.69, 9.17) is 9.47 Å². The molecule has 2 heterocycles. The number of hydrogen-bond acceptors (Lipinski definition) is 6. The monoisotopic (exact) mass is 557 g/mol. The van der Waals surface area contributed by atoms with E-state index in [-0.39, 0.29) is 30.9 Å². The van der Waals surface area contributed by atoms with E-state index in [1.165, 1.54) is 0 Å². The Morgan fingerprint density at radius 1 is 0.878 bits per heavy atom. The van der Waals surface area contributed by atoms with Crippen molar-refractivity contribution in [2.75, 3.05) is 40.9 Å². The summed E-state index contributed by atoms with van der Waals surface area (Å²) in [6.07, 6.45) is -0.0480. The van der Waals surface area contributed by atoms with Crippen LogP contribution in [0.4, 0.5) is 4.79 Å². The van der Waals surface area contributed by atoms with Crippen LogP contribution in [-0.4, -0.2) is 84.7 Å². The highest BCUT2D eigenvalue weighted by atomic mass is 16.5. The van der Waals surface area contributed by atoms with Crippen molar-refractivity contribution in [2.45, 2.75) is 25.2 Å². The van der Waals surface area contributed by atoms with Crippen molar-refractivity contribution in [1.82, 2.24) is 25.1 Å². The zero-order valence-electron chi connectivity index (χ0n) is 23.5. The number of likely N-dealkylation sites (N-methyl/N-ethyl adjacent to an activating group) is 1. The lowest BCUT2D eigenvalue weighted by atomic mass is 9.98. The molecule has 0 spiro atoms. The van der Waals surface area contributed by atoms with Gasteiger partial charge < -0.3 is 24.6 Å². The van der Waals surface area contributed by atoms with Crippen LogP contribution in [-0.2, 0) is 22.6 Å². The van der Waals surface area contributed by atoms with E-state index in [9.17, 15) is 14.4 Å². The van der Waals surface area contributed by atoms with E-state index in [1.807, 2.05) is 78.9 Å². The van der Waals surface area contributed by atoms with Crippen LogP contribution >= 0.6 is 0 Å². The van der Waals surface area contributed by atoms with E-state index in [0.717, 1.165) is 22.6 Å². The van der Waals surface area contributed by atoms with Crippen LogP contribution in [0.2, 0.25) is 0 Å². The summed E-state index contributed by atoms with van der Waals surface area (Å²) in [6.45, 7) is 0.924. The van der Waals surface area contributed by atoms with Gasteiger partial charge in [0.2, 0.25) is 11.8 Å². The Labute approximate surface area is 240 Å². The minimum atomic E-state index is -0.830. The van der Waals surface area contributed by atoms with Crippen molar-refractivity contribution in [3.05, 3.63) is 95.6 Å². The minimum absolute atomic E-state index is 0.0189. The van der Waals surface area contributed by atoms with E-state index in [1.54, 1.807) is 41.1 Å². The average Bonchev–Trinajstić information content (AvgIpc) is 3.00. The SMILES string of the molecule is COc1ccc(CCN2C[C@H]3N(C(=O)CN(C)N3C(=O)NCc3ccc(OC)cc3)[C@@H](c3ccccc3)C2=O)cc1. The molecule has 0 saturated carbocycles. The van der Waals surface area contributed by atoms with Crippen molar-refractivity contribution in [1.29, 1.82) is 0 Å². The fourth-order valence-electron chi connectivity index (χ4n) is 5.41. The van der Waals surface area contributed by atoms with Gasteiger partial charge in [0.05, 0.1) is 27.3 Å². The summed E-state index contributed by atoms with van der Waals surface area (Å²) in [5.41, 5.74) is 2.69. The molecule has 0 unspecified atom stereocenters. The third-order valence-electron chi connectivity index (χ3n) is 7.59.